The fourth-order valence-corrected chi connectivity index (χ4v) is 7.40. The third kappa shape index (κ3) is 4.08. The lowest BCUT2D eigenvalue weighted by Gasteiger charge is -2.29. The predicted molar refractivity (Wildman–Crippen MR) is 182 cm³/mol. The van der Waals surface area contributed by atoms with Crippen LogP contribution in [0.25, 0.3) is 53.2 Å². The van der Waals surface area contributed by atoms with Crippen LogP contribution in [-0.2, 0) is 0 Å². The smallest absolute Gasteiger partial charge is 0.0640 e. The molecular formula is C40H27NS. The Morgan fingerprint density at radius 3 is 1.71 bits per heavy atom. The maximum Gasteiger partial charge on any atom is 0.0640 e. The number of nitrogens with zero attached hydrogens (tertiary/aromatic N) is 1. The minimum absolute atomic E-state index is 1.14. The van der Waals surface area contributed by atoms with Crippen molar-refractivity contribution in [1.29, 1.82) is 0 Å². The zero-order chi connectivity index (χ0) is 27.9. The minimum atomic E-state index is 1.14. The van der Waals surface area contributed by atoms with Crippen LogP contribution in [0, 0.1) is 0 Å². The highest BCUT2D eigenvalue weighted by Gasteiger charge is 2.23. The molecule has 0 atom stereocenters. The highest BCUT2D eigenvalue weighted by molar-refractivity contribution is 7.26. The summed E-state index contributed by atoms with van der Waals surface area (Å²) in [6.07, 6.45) is 0. The van der Waals surface area contributed by atoms with Gasteiger partial charge in [-0.05, 0) is 58.0 Å². The Bertz CT molecular complexity index is 2180. The number of anilines is 3. The van der Waals surface area contributed by atoms with Crippen molar-refractivity contribution in [3.8, 4) is 22.3 Å². The van der Waals surface area contributed by atoms with Gasteiger partial charge in [0.05, 0.1) is 16.1 Å². The van der Waals surface area contributed by atoms with Gasteiger partial charge in [0.1, 0.15) is 0 Å². The predicted octanol–water partition coefficient (Wildman–Crippen LogP) is 12.0. The molecule has 1 aromatic heterocycles. The first-order chi connectivity index (χ1) is 20.9. The standard InChI is InChI=1S/C40H27NS/c1-4-15-28(16-5-1)35-27-37(31-21-10-11-23-33(31)39(35)29-17-6-2-7-18-29)41(30-19-8-3-9-20-30)36-25-14-24-34-32-22-12-13-26-38(32)42-40(34)36/h1-27H. The van der Waals surface area contributed by atoms with Gasteiger partial charge in [0.2, 0.25) is 0 Å². The van der Waals surface area contributed by atoms with Crippen LogP contribution < -0.4 is 4.90 Å². The van der Waals surface area contributed by atoms with Gasteiger partial charge in [-0.25, -0.2) is 0 Å². The van der Waals surface area contributed by atoms with Gasteiger partial charge in [-0.1, -0.05) is 133 Å². The molecule has 0 aliphatic heterocycles. The number of hydrogen-bond donors (Lipinski definition) is 0. The molecule has 0 aliphatic carbocycles. The van der Waals surface area contributed by atoms with E-state index < -0.39 is 0 Å². The lowest BCUT2D eigenvalue weighted by molar-refractivity contribution is 1.32. The molecule has 8 rings (SSSR count). The van der Waals surface area contributed by atoms with Crippen LogP contribution in [0.2, 0.25) is 0 Å². The summed E-state index contributed by atoms with van der Waals surface area (Å²) in [6.45, 7) is 0. The Hall–Kier alpha value is -5.18. The van der Waals surface area contributed by atoms with Crippen molar-refractivity contribution < 1.29 is 0 Å². The third-order valence-corrected chi connectivity index (χ3v) is 9.26. The number of para-hydroxylation sites is 1. The topological polar surface area (TPSA) is 3.24 Å². The molecule has 1 heterocycles. The van der Waals surface area contributed by atoms with Crippen molar-refractivity contribution in [2.45, 2.75) is 0 Å². The van der Waals surface area contributed by atoms with Crippen LogP contribution in [0.5, 0.6) is 0 Å². The zero-order valence-corrected chi connectivity index (χ0v) is 23.8. The quantitative estimate of drug-likeness (QED) is 0.205. The van der Waals surface area contributed by atoms with Crippen LogP contribution in [0.1, 0.15) is 0 Å². The van der Waals surface area contributed by atoms with Crippen LogP contribution in [-0.4, -0.2) is 0 Å². The number of hydrogen-bond acceptors (Lipinski definition) is 2. The molecule has 0 N–H and O–H groups in total. The molecule has 0 fully saturated rings. The van der Waals surface area contributed by atoms with E-state index in [2.05, 4.69) is 169 Å². The van der Waals surface area contributed by atoms with Crippen molar-refractivity contribution in [3.05, 3.63) is 164 Å². The van der Waals surface area contributed by atoms with Gasteiger partial charge in [0.25, 0.3) is 0 Å². The van der Waals surface area contributed by atoms with Crippen LogP contribution in [0.3, 0.4) is 0 Å². The molecule has 0 bridgehead atoms. The lowest BCUT2D eigenvalue weighted by Crippen LogP contribution is -2.11. The van der Waals surface area contributed by atoms with Crippen molar-refractivity contribution in [3.63, 3.8) is 0 Å². The van der Waals surface area contributed by atoms with E-state index in [-0.39, 0.29) is 0 Å². The second-order valence-electron chi connectivity index (χ2n) is 10.5. The molecule has 7 aromatic carbocycles. The zero-order valence-electron chi connectivity index (χ0n) is 22.9. The summed E-state index contributed by atoms with van der Waals surface area (Å²) in [4.78, 5) is 2.46. The Morgan fingerprint density at radius 2 is 0.976 bits per heavy atom. The highest BCUT2D eigenvalue weighted by Crippen LogP contribution is 2.49. The summed E-state index contributed by atoms with van der Waals surface area (Å²) in [5, 5.41) is 5.06. The Morgan fingerprint density at radius 1 is 0.405 bits per heavy atom. The fraction of sp³-hybridized carbons (Fsp3) is 0. The van der Waals surface area contributed by atoms with Gasteiger partial charge in [0, 0.05) is 26.5 Å². The van der Waals surface area contributed by atoms with Crippen LogP contribution >= 0.6 is 11.3 Å². The average molecular weight is 554 g/mol. The molecule has 0 saturated carbocycles. The van der Waals surface area contributed by atoms with Crippen molar-refractivity contribution in [2.24, 2.45) is 0 Å². The second-order valence-corrected chi connectivity index (χ2v) is 11.6. The summed E-state index contributed by atoms with van der Waals surface area (Å²) in [5.74, 6) is 0. The molecule has 0 amide bonds. The molecule has 198 valence electrons. The molecule has 0 aliphatic rings. The molecule has 42 heavy (non-hydrogen) atoms. The Kier molecular flexibility index (Phi) is 6.05. The lowest BCUT2D eigenvalue weighted by atomic mass is 9.88. The number of fused-ring (bicyclic) bond motifs is 4. The fourth-order valence-electron chi connectivity index (χ4n) is 6.20. The maximum absolute atomic E-state index is 2.46. The molecule has 0 spiro atoms. The van der Waals surface area contributed by atoms with Gasteiger partial charge in [-0.2, -0.15) is 0 Å². The maximum atomic E-state index is 2.46. The van der Waals surface area contributed by atoms with Gasteiger partial charge < -0.3 is 4.90 Å². The normalized spacial score (nSPS) is 11.3. The number of rotatable bonds is 5. The molecule has 2 heteroatoms. The van der Waals surface area contributed by atoms with Crippen LogP contribution in [0.4, 0.5) is 17.1 Å². The van der Waals surface area contributed by atoms with Crippen LogP contribution in [0.15, 0.2) is 164 Å². The molecular weight excluding hydrogens is 527 g/mol. The SMILES string of the molecule is c1ccc(-c2cc(N(c3ccccc3)c3cccc4c3sc3ccccc34)c3ccccc3c2-c2ccccc2)cc1. The number of benzene rings is 7. The largest absolute Gasteiger partial charge is 0.308 e. The first-order valence-corrected chi connectivity index (χ1v) is 15.1. The third-order valence-electron chi connectivity index (χ3n) is 8.05. The van der Waals surface area contributed by atoms with E-state index >= 15 is 0 Å². The van der Waals surface area contributed by atoms with E-state index in [1.54, 1.807) is 0 Å². The summed E-state index contributed by atoms with van der Waals surface area (Å²) in [5.41, 5.74) is 8.40. The van der Waals surface area contributed by atoms with Gasteiger partial charge in [-0.3, -0.25) is 0 Å². The summed E-state index contributed by atoms with van der Waals surface area (Å²) < 4.78 is 2.60. The molecule has 0 radical (unpaired) electrons. The Balaban J connectivity index is 1.50. The van der Waals surface area contributed by atoms with Crippen molar-refractivity contribution in [1.82, 2.24) is 0 Å². The monoisotopic (exact) mass is 553 g/mol. The van der Waals surface area contributed by atoms with Gasteiger partial charge in [0.15, 0.2) is 0 Å². The highest BCUT2D eigenvalue weighted by atomic mass is 32.1. The van der Waals surface area contributed by atoms with Crippen molar-refractivity contribution >= 4 is 59.3 Å². The Labute approximate surface area is 249 Å². The second kappa shape index (κ2) is 10.3. The summed E-state index contributed by atoms with van der Waals surface area (Å²) in [7, 11) is 0. The van der Waals surface area contributed by atoms with Gasteiger partial charge >= 0.3 is 0 Å². The molecule has 8 aromatic rings. The average Bonchev–Trinajstić information content (AvgIpc) is 3.45. The van der Waals surface area contributed by atoms with E-state index in [1.807, 2.05) is 11.3 Å². The molecule has 1 nitrogen and oxygen atoms in total. The number of thiophene rings is 1. The van der Waals surface area contributed by atoms with E-state index in [1.165, 1.54) is 64.6 Å². The van der Waals surface area contributed by atoms with Gasteiger partial charge in [-0.15, -0.1) is 11.3 Å². The van der Waals surface area contributed by atoms with E-state index in [9.17, 15) is 0 Å². The van der Waals surface area contributed by atoms with Crippen molar-refractivity contribution in [2.75, 3.05) is 4.90 Å². The minimum Gasteiger partial charge on any atom is -0.308 e. The van der Waals surface area contributed by atoms with E-state index in [0.29, 0.717) is 0 Å². The first-order valence-electron chi connectivity index (χ1n) is 14.3. The summed E-state index contributed by atoms with van der Waals surface area (Å²) >= 11 is 1.87. The van der Waals surface area contributed by atoms with E-state index in [4.69, 9.17) is 0 Å². The molecule has 0 saturated heterocycles. The summed E-state index contributed by atoms with van der Waals surface area (Å²) in [6, 6.07) is 59.1. The molecule has 0 unspecified atom stereocenters. The van der Waals surface area contributed by atoms with E-state index in [0.717, 1.165) is 5.69 Å². The first kappa shape index (κ1) is 24.6.